The van der Waals surface area contributed by atoms with Crippen LogP contribution in [0.4, 0.5) is 29.7 Å². The van der Waals surface area contributed by atoms with Gasteiger partial charge in [-0.2, -0.15) is 18.2 Å². The highest BCUT2D eigenvalue weighted by Crippen LogP contribution is 2.30. The molecule has 0 spiro atoms. The number of amides is 2. The Balaban J connectivity index is 1.72. The smallest absolute Gasteiger partial charge is 0.363 e. The number of alkyl halides is 3. The molecular weight excluding hydrogens is 361 g/mol. The number of nitrogens with zero attached hydrogens (tertiary/aromatic N) is 5. The van der Waals surface area contributed by atoms with E-state index in [1.807, 2.05) is 4.90 Å². The van der Waals surface area contributed by atoms with Crippen LogP contribution in [0.25, 0.3) is 0 Å². The Bertz CT molecular complexity index is 675. The molecule has 1 N–H and O–H groups in total. The molecule has 0 aromatic carbocycles. The van der Waals surface area contributed by atoms with Crippen LogP contribution in [-0.4, -0.2) is 72.1 Å². The Morgan fingerprint density at radius 3 is 2.44 bits per heavy atom. The summed E-state index contributed by atoms with van der Waals surface area (Å²) in [7, 11) is 3.26. The lowest BCUT2D eigenvalue weighted by atomic mass is 10.1. The minimum atomic E-state index is -4.55. The highest BCUT2D eigenvalue weighted by Gasteiger charge is 2.34. The number of urea groups is 1. The van der Waals surface area contributed by atoms with E-state index in [1.54, 1.807) is 19.0 Å². The van der Waals surface area contributed by atoms with Gasteiger partial charge in [0.05, 0.1) is 0 Å². The van der Waals surface area contributed by atoms with Crippen molar-refractivity contribution in [3.05, 3.63) is 11.8 Å². The zero-order chi connectivity index (χ0) is 19.6. The van der Waals surface area contributed by atoms with Crippen molar-refractivity contribution in [2.75, 3.05) is 50.5 Å². The first-order chi connectivity index (χ1) is 12.7. The Morgan fingerprint density at radius 1 is 1.15 bits per heavy atom. The number of carbonyl (C=O) groups excluding carboxylic acids is 1. The SMILES string of the molecule is CN(C)c1cc(C(F)(F)F)nc(N[C@H]2CCCN(C(=O)N3CCCC3)C2)n1. The summed E-state index contributed by atoms with van der Waals surface area (Å²) in [6.45, 7) is 2.65. The van der Waals surface area contributed by atoms with E-state index in [0.29, 0.717) is 13.1 Å². The minimum absolute atomic E-state index is 0.0120. The lowest BCUT2D eigenvalue weighted by Crippen LogP contribution is -2.50. The Hall–Kier alpha value is -2.26. The maximum absolute atomic E-state index is 13.1. The number of halogens is 3. The molecule has 0 radical (unpaired) electrons. The molecule has 0 unspecified atom stereocenters. The lowest BCUT2D eigenvalue weighted by molar-refractivity contribution is -0.141. The second kappa shape index (κ2) is 7.77. The summed E-state index contributed by atoms with van der Waals surface area (Å²) in [5, 5.41) is 3.00. The highest BCUT2D eigenvalue weighted by molar-refractivity contribution is 5.75. The van der Waals surface area contributed by atoms with Gasteiger partial charge in [-0.05, 0) is 25.7 Å². The fourth-order valence-electron chi connectivity index (χ4n) is 3.43. The van der Waals surface area contributed by atoms with Crippen molar-refractivity contribution in [1.29, 1.82) is 0 Å². The molecule has 10 heteroatoms. The summed E-state index contributed by atoms with van der Waals surface area (Å²) in [6.07, 6.45) is -0.967. The molecule has 1 atom stereocenters. The van der Waals surface area contributed by atoms with Gasteiger partial charge in [0, 0.05) is 52.4 Å². The van der Waals surface area contributed by atoms with Gasteiger partial charge in [0.15, 0.2) is 5.69 Å². The lowest BCUT2D eigenvalue weighted by Gasteiger charge is -2.35. The maximum Gasteiger partial charge on any atom is 0.433 e. The molecule has 1 aromatic heterocycles. The third-order valence-corrected chi connectivity index (χ3v) is 4.86. The van der Waals surface area contributed by atoms with E-state index in [9.17, 15) is 18.0 Å². The maximum atomic E-state index is 13.1. The van der Waals surface area contributed by atoms with Crippen molar-refractivity contribution in [1.82, 2.24) is 19.8 Å². The first kappa shape index (κ1) is 19.5. The Labute approximate surface area is 156 Å². The summed E-state index contributed by atoms with van der Waals surface area (Å²) in [5.41, 5.74) is -0.982. The van der Waals surface area contributed by atoms with Gasteiger partial charge >= 0.3 is 12.2 Å². The van der Waals surface area contributed by atoms with Crippen LogP contribution in [0.15, 0.2) is 6.07 Å². The molecule has 3 heterocycles. The number of piperidine rings is 1. The van der Waals surface area contributed by atoms with Crippen molar-refractivity contribution < 1.29 is 18.0 Å². The summed E-state index contributed by atoms with van der Waals surface area (Å²) >= 11 is 0. The number of aromatic nitrogens is 2. The monoisotopic (exact) mass is 386 g/mol. The summed E-state index contributed by atoms with van der Waals surface area (Å²) < 4.78 is 39.4. The van der Waals surface area contributed by atoms with Crippen LogP contribution in [0.2, 0.25) is 0 Å². The van der Waals surface area contributed by atoms with Gasteiger partial charge in [-0.1, -0.05) is 0 Å². The molecule has 2 amide bonds. The summed E-state index contributed by atoms with van der Waals surface area (Å²) in [4.78, 5) is 25.5. The van der Waals surface area contributed by atoms with E-state index < -0.39 is 11.9 Å². The molecule has 2 fully saturated rings. The van der Waals surface area contributed by atoms with Gasteiger partial charge < -0.3 is 20.0 Å². The molecule has 150 valence electrons. The van der Waals surface area contributed by atoms with Gasteiger partial charge in [0.25, 0.3) is 0 Å². The van der Waals surface area contributed by atoms with Gasteiger partial charge in [0.1, 0.15) is 5.82 Å². The topological polar surface area (TPSA) is 64.6 Å². The molecule has 2 aliphatic rings. The predicted octanol–water partition coefficient (Wildman–Crippen LogP) is 2.65. The van der Waals surface area contributed by atoms with Crippen LogP contribution < -0.4 is 10.2 Å². The standard InChI is InChI=1S/C17H25F3N6O/c1-24(2)14-10-13(17(18,19)20)22-15(23-14)21-12-6-5-9-26(11-12)16(27)25-7-3-4-8-25/h10,12H,3-9,11H2,1-2H3,(H,21,22,23)/t12-/m0/s1. The van der Waals surface area contributed by atoms with Crippen LogP contribution in [0.5, 0.6) is 0 Å². The second-order valence-electron chi connectivity index (χ2n) is 7.23. The van der Waals surface area contributed by atoms with Gasteiger partial charge in [-0.25, -0.2) is 9.78 Å². The number of anilines is 2. The molecule has 7 nitrogen and oxygen atoms in total. The number of carbonyl (C=O) groups is 1. The van der Waals surface area contributed by atoms with Gasteiger partial charge in [-0.15, -0.1) is 0 Å². The third kappa shape index (κ3) is 4.72. The van der Waals surface area contributed by atoms with Crippen molar-refractivity contribution in [3.8, 4) is 0 Å². The molecule has 1 aromatic rings. The van der Waals surface area contributed by atoms with E-state index in [2.05, 4.69) is 15.3 Å². The third-order valence-electron chi connectivity index (χ3n) is 4.86. The second-order valence-corrected chi connectivity index (χ2v) is 7.23. The van der Waals surface area contributed by atoms with E-state index in [0.717, 1.165) is 44.8 Å². The molecule has 2 aliphatic heterocycles. The molecule has 0 aliphatic carbocycles. The van der Waals surface area contributed by atoms with Crippen LogP contribution in [0.1, 0.15) is 31.4 Å². The number of rotatable bonds is 3. The molecule has 3 rings (SSSR count). The quantitative estimate of drug-likeness (QED) is 0.865. The highest BCUT2D eigenvalue weighted by atomic mass is 19.4. The fraction of sp³-hybridized carbons (Fsp3) is 0.706. The number of hydrogen-bond acceptors (Lipinski definition) is 5. The molecule has 2 saturated heterocycles. The number of likely N-dealkylation sites (tertiary alicyclic amines) is 2. The number of hydrogen-bond donors (Lipinski definition) is 1. The van der Waals surface area contributed by atoms with Crippen molar-refractivity contribution >= 4 is 17.8 Å². The zero-order valence-corrected chi connectivity index (χ0v) is 15.6. The van der Waals surface area contributed by atoms with Crippen LogP contribution >= 0.6 is 0 Å². The van der Waals surface area contributed by atoms with Crippen LogP contribution in [0, 0.1) is 0 Å². The molecule has 0 saturated carbocycles. The largest absolute Gasteiger partial charge is 0.433 e. The van der Waals surface area contributed by atoms with Crippen molar-refractivity contribution in [2.24, 2.45) is 0 Å². The molecule has 27 heavy (non-hydrogen) atoms. The van der Waals surface area contributed by atoms with Crippen molar-refractivity contribution in [3.63, 3.8) is 0 Å². The normalized spacial score (nSPS) is 20.7. The molecule has 0 bridgehead atoms. The predicted molar refractivity (Wildman–Crippen MR) is 95.8 cm³/mol. The number of nitrogens with one attached hydrogen (secondary N) is 1. The summed E-state index contributed by atoms with van der Waals surface area (Å²) in [5.74, 6) is 0.120. The Morgan fingerprint density at radius 2 is 1.81 bits per heavy atom. The molecular formula is C17H25F3N6O. The Kier molecular flexibility index (Phi) is 5.61. The zero-order valence-electron chi connectivity index (χ0n) is 15.6. The van der Waals surface area contributed by atoms with Gasteiger partial charge in [0.2, 0.25) is 5.95 Å². The van der Waals surface area contributed by atoms with Gasteiger partial charge in [-0.3, -0.25) is 0 Å². The average molecular weight is 386 g/mol. The van der Waals surface area contributed by atoms with Crippen molar-refractivity contribution in [2.45, 2.75) is 37.9 Å². The van der Waals surface area contributed by atoms with Crippen LogP contribution in [-0.2, 0) is 6.18 Å². The fourth-order valence-corrected chi connectivity index (χ4v) is 3.43. The first-order valence-corrected chi connectivity index (χ1v) is 9.18. The van der Waals surface area contributed by atoms with Crippen LogP contribution in [0.3, 0.4) is 0 Å². The average Bonchev–Trinajstić information content (AvgIpc) is 3.15. The van der Waals surface area contributed by atoms with E-state index in [1.165, 1.54) is 4.90 Å². The minimum Gasteiger partial charge on any atom is -0.363 e. The first-order valence-electron chi connectivity index (χ1n) is 9.18. The van der Waals surface area contributed by atoms with E-state index >= 15 is 0 Å². The van der Waals surface area contributed by atoms with E-state index in [-0.39, 0.29) is 23.8 Å². The van der Waals surface area contributed by atoms with E-state index in [4.69, 9.17) is 0 Å². The summed E-state index contributed by atoms with van der Waals surface area (Å²) in [6, 6.07) is 0.761.